The van der Waals surface area contributed by atoms with Crippen LogP contribution in [0, 0.1) is 17.2 Å². The molecule has 0 fully saturated rings. The number of hydrogen-bond acceptors (Lipinski definition) is 7. The van der Waals surface area contributed by atoms with E-state index in [0.29, 0.717) is 40.3 Å². The maximum absolute atomic E-state index is 12.9. The van der Waals surface area contributed by atoms with E-state index in [2.05, 4.69) is 11.4 Å². The molecule has 0 bridgehead atoms. The van der Waals surface area contributed by atoms with Gasteiger partial charge in [-0.05, 0) is 36.8 Å². The molecule has 7 nitrogen and oxygen atoms in total. The quantitative estimate of drug-likeness (QED) is 0.321. The standard InChI is InChI=1S/C24H23ClN2O5S/c1-3-31-19-10-9-15(13-18(19)25)20-17(14-26)23(27-22(28)21(20)24(29)30-2)33-12-11-32-16-7-5-4-6-8-16/h4-10,13,20-21H,3,11-12H2,1-2H3,(H,27,28)/t20-,21-/m0/s1. The van der Waals surface area contributed by atoms with Gasteiger partial charge in [0.15, 0.2) is 0 Å². The number of nitrogens with zero attached hydrogens (tertiary/aromatic N) is 1. The van der Waals surface area contributed by atoms with Crippen LogP contribution in [0.4, 0.5) is 0 Å². The predicted molar refractivity (Wildman–Crippen MR) is 126 cm³/mol. The molecule has 0 spiro atoms. The van der Waals surface area contributed by atoms with Crippen LogP contribution in [0.15, 0.2) is 59.1 Å². The molecule has 0 radical (unpaired) electrons. The zero-order valence-electron chi connectivity index (χ0n) is 18.2. The zero-order valence-corrected chi connectivity index (χ0v) is 19.7. The van der Waals surface area contributed by atoms with Crippen LogP contribution in [-0.2, 0) is 14.3 Å². The SMILES string of the molecule is CCOc1ccc([C@H]2C(C#N)=C(SCCOc3ccccc3)NC(=O)[C@H]2C(=O)OC)cc1Cl. The van der Waals surface area contributed by atoms with E-state index in [-0.39, 0.29) is 5.57 Å². The number of hydrogen-bond donors (Lipinski definition) is 1. The zero-order chi connectivity index (χ0) is 23.8. The first-order valence-electron chi connectivity index (χ1n) is 10.3. The van der Waals surface area contributed by atoms with E-state index < -0.39 is 23.7 Å². The highest BCUT2D eigenvalue weighted by atomic mass is 35.5. The number of benzene rings is 2. The van der Waals surface area contributed by atoms with Crippen LogP contribution in [-0.4, -0.2) is 38.0 Å². The number of ether oxygens (including phenoxy) is 3. The van der Waals surface area contributed by atoms with E-state index in [4.69, 9.17) is 25.8 Å². The van der Waals surface area contributed by atoms with Crippen molar-refractivity contribution in [1.29, 1.82) is 5.26 Å². The minimum Gasteiger partial charge on any atom is -0.493 e. The molecule has 9 heteroatoms. The number of nitriles is 1. The van der Waals surface area contributed by atoms with E-state index in [1.165, 1.54) is 18.9 Å². The first kappa shape index (κ1) is 24.5. The summed E-state index contributed by atoms with van der Waals surface area (Å²) in [4.78, 5) is 25.4. The number of para-hydroxylation sites is 1. The molecule has 0 saturated heterocycles. The molecule has 2 aromatic rings. The van der Waals surface area contributed by atoms with E-state index >= 15 is 0 Å². The van der Waals surface area contributed by atoms with E-state index in [0.717, 1.165) is 5.75 Å². The van der Waals surface area contributed by atoms with Crippen molar-refractivity contribution in [2.45, 2.75) is 12.8 Å². The Hall–Kier alpha value is -3.15. The number of thioether (sulfide) groups is 1. The summed E-state index contributed by atoms with van der Waals surface area (Å²) in [6.45, 7) is 2.64. The van der Waals surface area contributed by atoms with Crippen molar-refractivity contribution in [2.75, 3.05) is 26.1 Å². The summed E-state index contributed by atoms with van der Waals surface area (Å²) in [5.74, 6) is -1.64. The van der Waals surface area contributed by atoms with E-state index in [9.17, 15) is 14.9 Å². The molecule has 2 atom stereocenters. The molecule has 3 rings (SSSR count). The molecule has 2 aromatic carbocycles. The second-order valence-corrected chi connectivity index (χ2v) is 8.47. The van der Waals surface area contributed by atoms with Gasteiger partial charge in [0.2, 0.25) is 5.91 Å². The molecular formula is C24H23ClN2O5S. The third kappa shape index (κ3) is 5.81. The second-order valence-electron chi connectivity index (χ2n) is 6.96. The largest absolute Gasteiger partial charge is 0.493 e. The van der Waals surface area contributed by atoms with Crippen LogP contribution in [0.25, 0.3) is 0 Å². The average molecular weight is 487 g/mol. The van der Waals surface area contributed by atoms with Gasteiger partial charge in [0.25, 0.3) is 0 Å². The van der Waals surface area contributed by atoms with Crippen molar-refractivity contribution < 1.29 is 23.8 Å². The van der Waals surface area contributed by atoms with Crippen LogP contribution in [0.1, 0.15) is 18.4 Å². The molecular weight excluding hydrogens is 464 g/mol. The molecule has 33 heavy (non-hydrogen) atoms. The maximum atomic E-state index is 12.9. The van der Waals surface area contributed by atoms with Gasteiger partial charge in [-0.15, -0.1) is 11.8 Å². The highest BCUT2D eigenvalue weighted by Crippen LogP contribution is 2.42. The Labute approximate surface area is 201 Å². The fraction of sp³-hybridized carbons (Fsp3) is 0.292. The number of carbonyl (C=O) groups is 2. The first-order valence-corrected chi connectivity index (χ1v) is 11.6. The van der Waals surface area contributed by atoms with Gasteiger partial charge in [-0.2, -0.15) is 5.26 Å². The molecule has 1 aliphatic rings. The molecule has 0 saturated carbocycles. The average Bonchev–Trinajstić information content (AvgIpc) is 2.83. The van der Waals surface area contributed by atoms with Gasteiger partial charge in [-0.1, -0.05) is 35.9 Å². The van der Waals surface area contributed by atoms with Gasteiger partial charge in [-0.3, -0.25) is 9.59 Å². The van der Waals surface area contributed by atoms with Crippen molar-refractivity contribution in [1.82, 2.24) is 5.32 Å². The lowest BCUT2D eigenvalue weighted by Crippen LogP contribution is -2.44. The number of esters is 1. The fourth-order valence-electron chi connectivity index (χ4n) is 3.48. The molecule has 1 N–H and O–H groups in total. The Kier molecular flexibility index (Phi) is 8.64. The fourth-order valence-corrected chi connectivity index (χ4v) is 4.60. The minimum atomic E-state index is -1.22. The molecule has 0 aliphatic carbocycles. The molecule has 0 aromatic heterocycles. The topological polar surface area (TPSA) is 97.6 Å². The Morgan fingerprint density at radius 1 is 1.21 bits per heavy atom. The molecule has 1 heterocycles. The van der Waals surface area contributed by atoms with Gasteiger partial charge in [0.1, 0.15) is 17.4 Å². The normalized spacial score (nSPS) is 17.7. The van der Waals surface area contributed by atoms with E-state index in [1.54, 1.807) is 18.2 Å². The van der Waals surface area contributed by atoms with Crippen LogP contribution >= 0.6 is 23.4 Å². The lowest BCUT2D eigenvalue weighted by atomic mass is 9.78. The highest BCUT2D eigenvalue weighted by molar-refractivity contribution is 8.03. The number of nitrogens with one attached hydrogen (secondary N) is 1. The Bertz CT molecular complexity index is 1080. The van der Waals surface area contributed by atoms with Crippen LogP contribution in [0.5, 0.6) is 11.5 Å². The number of carbonyl (C=O) groups excluding carboxylic acids is 2. The third-order valence-corrected chi connectivity index (χ3v) is 6.22. The molecule has 172 valence electrons. The lowest BCUT2D eigenvalue weighted by Gasteiger charge is -2.31. The van der Waals surface area contributed by atoms with Crippen molar-refractivity contribution in [2.24, 2.45) is 5.92 Å². The summed E-state index contributed by atoms with van der Waals surface area (Å²) in [5.41, 5.74) is 0.804. The first-order chi connectivity index (χ1) is 16.0. The summed E-state index contributed by atoms with van der Waals surface area (Å²) >= 11 is 7.63. The van der Waals surface area contributed by atoms with Crippen LogP contribution in [0.2, 0.25) is 5.02 Å². The van der Waals surface area contributed by atoms with Gasteiger partial charge in [0.05, 0.1) is 42.0 Å². The van der Waals surface area contributed by atoms with Crippen molar-refractivity contribution in [3.63, 3.8) is 0 Å². The number of amides is 1. The second kappa shape index (κ2) is 11.6. The van der Waals surface area contributed by atoms with Crippen LogP contribution < -0.4 is 14.8 Å². The van der Waals surface area contributed by atoms with Crippen molar-refractivity contribution in [3.05, 3.63) is 69.7 Å². The highest BCUT2D eigenvalue weighted by Gasteiger charge is 2.44. The molecule has 0 unspecified atom stereocenters. The number of methoxy groups -OCH3 is 1. The van der Waals surface area contributed by atoms with Gasteiger partial charge < -0.3 is 19.5 Å². The summed E-state index contributed by atoms with van der Waals surface area (Å²) in [7, 11) is 1.21. The Morgan fingerprint density at radius 3 is 2.61 bits per heavy atom. The van der Waals surface area contributed by atoms with E-state index in [1.807, 2.05) is 37.3 Å². The number of allylic oxidation sites excluding steroid dienone is 1. The van der Waals surface area contributed by atoms with Gasteiger partial charge >= 0.3 is 5.97 Å². The summed E-state index contributed by atoms with van der Waals surface area (Å²) in [6, 6.07) is 16.5. The third-order valence-electron chi connectivity index (χ3n) is 4.94. The Balaban J connectivity index is 1.89. The van der Waals surface area contributed by atoms with Crippen molar-refractivity contribution in [3.8, 4) is 17.6 Å². The molecule has 1 aliphatic heterocycles. The Morgan fingerprint density at radius 2 is 1.97 bits per heavy atom. The van der Waals surface area contributed by atoms with Crippen molar-refractivity contribution >= 4 is 35.2 Å². The van der Waals surface area contributed by atoms with Crippen LogP contribution in [0.3, 0.4) is 0 Å². The smallest absolute Gasteiger partial charge is 0.319 e. The monoisotopic (exact) mass is 486 g/mol. The minimum absolute atomic E-state index is 0.259. The van der Waals surface area contributed by atoms with Gasteiger partial charge in [0, 0.05) is 11.7 Å². The van der Waals surface area contributed by atoms with Gasteiger partial charge in [-0.25, -0.2) is 0 Å². The predicted octanol–water partition coefficient (Wildman–Crippen LogP) is 4.29. The summed E-state index contributed by atoms with van der Waals surface area (Å²) in [5, 5.41) is 13.4. The maximum Gasteiger partial charge on any atom is 0.319 e. The number of rotatable bonds is 9. The summed E-state index contributed by atoms with van der Waals surface area (Å²) < 4.78 is 16.0. The summed E-state index contributed by atoms with van der Waals surface area (Å²) in [6.07, 6.45) is 0. The molecule has 1 amide bonds. The lowest BCUT2D eigenvalue weighted by molar-refractivity contribution is -0.150. The number of halogens is 1.